The molecular formula is C5H14N4O. The molecule has 0 spiro atoms. The maximum atomic E-state index is 5.21. The van der Waals surface area contributed by atoms with Gasteiger partial charge in [0, 0.05) is 6.61 Å². The first-order valence-corrected chi connectivity index (χ1v) is 3.15. The summed E-state index contributed by atoms with van der Waals surface area (Å²) in [6.07, 6.45) is 0. The van der Waals surface area contributed by atoms with Gasteiger partial charge in [-0.1, -0.05) is 0 Å². The van der Waals surface area contributed by atoms with Crippen molar-refractivity contribution >= 4 is 5.96 Å². The Hall–Kier alpha value is -0.810. The molecule has 0 aromatic carbocycles. The number of hydrogen-bond acceptors (Lipinski definition) is 3. The minimum absolute atomic E-state index is 0.236. The quantitative estimate of drug-likeness (QED) is 0.153. The first kappa shape index (κ1) is 9.19. The van der Waals surface area contributed by atoms with Crippen molar-refractivity contribution in [3.63, 3.8) is 0 Å². The fourth-order valence-electron chi connectivity index (χ4n) is 0.421. The van der Waals surface area contributed by atoms with Crippen molar-refractivity contribution in [1.29, 1.82) is 0 Å². The Morgan fingerprint density at radius 3 is 2.90 bits per heavy atom. The first-order chi connectivity index (χ1) is 4.81. The molecule has 0 aromatic rings. The summed E-state index contributed by atoms with van der Waals surface area (Å²) in [7, 11) is 0. The highest BCUT2D eigenvalue weighted by molar-refractivity contribution is 5.77. The summed E-state index contributed by atoms with van der Waals surface area (Å²) < 4.78 is 5.00. The number of guanidine groups is 1. The summed E-state index contributed by atoms with van der Waals surface area (Å²) in [5.41, 5.74) is 7.43. The van der Waals surface area contributed by atoms with Crippen LogP contribution < -0.4 is 17.0 Å². The summed E-state index contributed by atoms with van der Waals surface area (Å²) in [6, 6.07) is 0. The zero-order valence-electron chi connectivity index (χ0n) is 6.13. The number of ether oxygens (including phenoxy) is 1. The Kier molecular flexibility index (Phi) is 5.80. The highest BCUT2D eigenvalue weighted by Crippen LogP contribution is 1.73. The number of aliphatic imine (C=N–C) groups is 1. The van der Waals surface area contributed by atoms with Gasteiger partial charge in [-0.25, -0.2) is 10.8 Å². The molecule has 0 unspecified atom stereocenters. The van der Waals surface area contributed by atoms with Crippen LogP contribution in [0.5, 0.6) is 0 Å². The van der Waals surface area contributed by atoms with Gasteiger partial charge in [-0.15, -0.1) is 0 Å². The van der Waals surface area contributed by atoms with Crippen LogP contribution in [0.3, 0.4) is 0 Å². The van der Waals surface area contributed by atoms with E-state index in [0.29, 0.717) is 19.8 Å². The largest absolute Gasteiger partial charge is 0.380 e. The maximum Gasteiger partial charge on any atom is 0.203 e. The molecule has 0 fully saturated rings. The smallest absolute Gasteiger partial charge is 0.203 e. The first-order valence-electron chi connectivity index (χ1n) is 3.15. The van der Waals surface area contributed by atoms with Crippen LogP contribution in [-0.2, 0) is 4.74 Å². The van der Waals surface area contributed by atoms with E-state index in [-0.39, 0.29) is 5.96 Å². The summed E-state index contributed by atoms with van der Waals surface area (Å²) in [4.78, 5) is 3.81. The van der Waals surface area contributed by atoms with E-state index in [4.69, 9.17) is 16.3 Å². The number of nitrogens with zero attached hydrogens (tertiary/aromatic N) is 1. The lowest BCUT2D eigenvalue weighted by atomic mass is 10.7. The van der Waals surface area contributed by atoms with Gasteiger partial charge in [0.1, 0.15) is 0 Å². The van der Waals surface area contributed by atoms with Crippen LogP contribution in [-0.4, -0.2) is 25.7 Å². The predicted molar refractivity (Wildman–Crippen MR) is 40.3 cm³/mol. The fourth-order valence-corrected chi connectivity index (χ4v) is 0.421. The Balaban J connectivity index is 3.16. The SMILES string of the molecule is CCOCCN=C(N)NN. The molecular weight excluding hydrogens is 132 g/mol. The molecule has 0 aromatic heterocycles. The molecule has 0 atom stereocenters. The van der Waals surface area contributed by atoms with E-state index in [2.05, 4.69) is 10.4 Å². The molecule has 0 amide bonds. The van der Waals surface area contributed by atoms with Crippen molar-refractivity contribution in [3.8, 4) is 0 Å². The molecule has 5 nitrogen and oxygen atoms in total. The van der Waals surface area contributed by atoms with Crippen LogP contribution in [0.25, 0.3) is 0 Å². The van der Waals surface area contributed by atoms with Crippen LogP contribution in [0.2, 0.25) is 0 Å². The van der Waals surface area contributed by atoms with Gasteiger partial charge in [-0.3, -0.25) is 5.43 Å². The minimum atomic E-state index is 0.236. The Morgan fingerprint density at radius 2 is 2.40 bits per heavy atom. The fraction of sp³-hybridized carbons (Fsp3) is 0.800. The molecule has 0 aliphatic carbocycles. The Bertz CT molecular complexity index is 104. The normalized spacial score (nSPS) is 11.6. The summed E-state index contributed by atoms with van der Waals surface area (Å²) in [5, 5.41) is 0. The lowest BCUT2D eigenvalue weighted by Gasteiger charge is -1.98. The third kappa shape index (κ3) is 5.33. The summed E-state index contributed by atoms with van der Waals surface area (Å²) in [5.74, 6) is 5.18. The number of rotatable bonds is 4. The van der Waals surface area contributed by atoms with E-state index in [9.17, 15) is 0 Å². The maximum absolute atomic E-state index is 5.21. The predicted octanol–water partition coefficient (Wildman–Crippen LogP) is -1.20. The van der Waals surface area contributed by atoms with Crippen molar-refractivity contribution in [1.82, 2.24) is 5.43 Å². The van der Waals surface area contributed by atoms with Gasteiger partial charge in [0.25, 0.3) is 0 Å². The van der Waals surface area contributed by atoms with Gasteiger partial charge in [-0.05, 0) is 6.92 Å². The summed E-state index contributed by atoms with van der Waals surface area (Å²) >= 11 is 0. The third-order valence-corrected chi connectivity index (χ3v) is 0.870. The van der Waals surface area contributed by atoms with E-state index in [0.717, 1.165) is 0 Å². The molecule has 0 saturated heterocycles. The van der Waals surface area contributed by atoms with Crippen molar-refractivity contribution in [2.24, 2.45) is 16.6 Å². The van der Waals surface area contributed by atoms with Crippen molar-refractivity contribution in [3.05, 3.63) is 0 Å². The number of hydrogen-bond donors (Lipinski definition) is 3. The van der Waals surface area contributed by atoms with Gasteiger partial charge in [-0.2, -0.15) is 0 Å². The highest BCUT2D eigenvalue weighted by atomic mass is 16.5. The molecule has 0 rings (SSSR count). The van der Waals surface area contributed by atoms with Crippen LogP contribution in [0, 0.1) is 0 Å². The van der Waals surface area contributed by atoms with Gasteiger partial charge in [0.05, 0.1) is 13.2 Å². The van der Waals surface area contributed by atoms with E-state index in [1.54, 1.807) is 0 Å². The molecule has 0 aliphatic heterocycles. The Morgan fingerprint density at radius 1 is 1.70 bits per heavy atom. The zero-order chi connectivity index (χ0) is 7.82. The monoisotopic (exact) mass is 146 g/mol. The lowest BCUT2D eigenvalue weighted by molar-refractivity contribution is 0.155. The molecule has 0 bridgehead atoms. The second kappa shape index (κ2) is 6.31. The lowest BCUT2D eigenvalue weighted by Crippen LogP contribution is -2.37. The van der Waals surface area contributed by atoms with Crippen LogP contribution in [0.15, 0.2) is 4.99 Å². The Labute approximate surface area is 60.4 Å². The molecule has 10 heavy (non-hydrogen) atoms. The van der Waals surface area contributed by atoms with Gasteiger partial charge < -0.3 is 10.5 Å². The van der Waals surface area contributed by atoms with Crippen molar-refractivity contribution in [2.75, 3.05) is 19.8 Å². The highest BCUT2D eigenvalue weighted by Gasteiger charge is 1.84. The van der Waals surface area contributed by atoms with Crippen molar-refractivity contribution < 1.29 is 4.74 Å². The number of nitrogens with one attached hydrogen (secondary N) is 1. The third-order valence-electron chi connectivity index (χ3n) is 0.870. The van der Waals surface area contributed by atoms with E-state index in [1.165, 1.54) is 0 Å². The van der Waals surface area contributed by atoms with E-state index >= 15 is 0 Å². The van der Waals surface area contributed by atoms with Crippen LogP contribution in [0.1, 0.15) is 6.92 Å². The van der Waals surface area contributed by atoms with Gasteiger partial charge >= 0.3 is 0 Å². The molecule has 0 radical (unpaired) electrons. The number of hydrazine groups is 1. The second-order valence-corrected chi connectivity index (χ2v) is 1.61. The topological polar surface area (TPSA) is 85.7 Å². The minimum Gasteiger partial charge on any atom is -0.380 e. The van der Waals surface area contributed by atoms with Gasteiger partial charge in [0.15, 0.2) is 0 Å². The molecule has 0 aliphatic rings. The molecule has 5 N–H and O–H groups in total. The van der Waals surface area contributed by atoms with Crippen molar-refractivity contribution in [2.45, 2.75) is 6.92 Å². The standard InChI is InChI=1S/C5H14N4O/c1-2-10-4-3-8-5(6)9-7/h2-4,7H2,1H3,(H3,6,8,9). The number of nitrogens with two attached hydrogens (primary N) is 2. The molecule has 5 heteroatoms. The molecule has 0 saturated carbocycles. The van der Waals surface area contributed by atoms with Crippen LogP contribution >= 0.6 is 0 Å². The van der Waals surface area contributed by atoms with E-state index < -0.39 is 0 Å². The van der Waals surface area contributed by atoms with Gasteiger partial charge in [0.2, 0.25) is 5.96 Å². The zero-order valence-corrected chi connectivity index (χ0v) is 6.13. The molecule has 60 valence electrons. The average Bonchev–Trinajstić information content (AvgIpc) is 1.98. The molecule has 0 heterocycles. The van der Waals surface area contributed by atoms with E-state index in [1.807, 2.05) is 6.92 Å². The second-order valence-electron chi connectivity index (χ2n) is 1.61. The van der Waals surface area contributed by atoms with Crippen LogP contribution in [0.4, 0.5) is 0 Å². The average molecular weight is 146 g/mol. The summed E-state index contributed by atoms with van der Waals surface area (Å²) in [6.45, 7) is 3.75.